The summed E-state index contributed by atoms with van der Waals surface area (Å²) in [5.74, 6) is 1.03. The fourth-order valence-corrected chi connectivity index (χ4v) is 2.37. The van der Waals surface area contributed by atoms with Crippen LogP contribution in [0, 0.1) is 0 Å². The van der Waals surface area contributed by atoms with Crippen molar-refractivity contribution in [3.05, 3.63) is 48.0 Å². The first kappa shape index (κ1) is 11.3. The lowest BCUT2D eigenvalue weighted by molar-refractivity contribution is 0.209. The third kappa shape index (κ3) is 2.24. The topological polar surface area (TPSA) is 39.1 Å². The van der Waals surface area contributed by atoms with Gasteiger partial charge in [0.15, 0.2) is 0 Å². The van der Waals surface area contributed by atoms with Crippen LogP contribution in [0.5, 0.6) is 5.75 Å². The molecular formula is C14H17N3O. The predicted molar refractivity (Wildman–Crippen MR) is 69.6 cm³/mol. The number of imidazole rings is 1. The Kier molecular flexibility index (Phi) is 3.02. The van der Waals surface area contributed by atoms with E-state index in [1.807, 2.05) is 25.5 Å². The zero-order valence-corrected chi connectivity index (χ0v) is 10.5. The fourth-order valence-electron chi connectivity index (χ4n) is 2.37. The molecule has 1 aromatic heterocycles. The average Bonchev–Trinajstić information content (AvgIpc) is 2.96. The Morgan fingerprint density at radius 2 is 2.33 bits per heavy atom. The van der Waals surface area contributed by atoms with Crippen molar-refractivity contribution in [2.45, 2.75) is 25.6 Å². The van der Waals surface area contributed by atoms with Crippen molar-refractivity contribution in [1.82, 2.24) is 14.9 Å². The molecule has 2 aromatic rings. The van der Waals surface area contributed by atoms with Gasteiger partial charge in [-0.05, 0) is 18.7 Å². The molecule has 18 heavy (non-hydrogen) atoms. The maximum Gasteiger partial charge on any atom is 0.123 e. The number of hydrogen-bond donors (Lipinski definition) is 1. The lowest BCUT2D eigenvalue weighted by Gasteiger charge is -2.10. The molecule has 0 saturated heterocycles. The normalized spacial score (nSPS) is 17.5. The van der Waals surface area contributed by atoms with E-state index >= 15 is 0 Å². The third-order valence-corrected chi connectivity index (χ3v) is 3.17. The first-order valence-electron chi connectivity index (χ1n) is 6.25. The minimum Gasteiger partial charge on any atom is -0.488 e. The second-order valence-electron chi connectivity index (χ2n) is 4.64. The van der Waals surface area contributed by atoms with Gasteiger partial charge >= 0.3 is 0 Å². The fraction of sp³-hybridized carbons (Fsp3) is 0.357. The highest BCUT2D eigenvalue weighted by molar-refractivity contribution is 5.37. The summed E-state index contributed by atoms with van der Waals surface area (Å²) in [7, 11) is 1.93. The molecule has 0 amide bonds. The van der Waals surface area contributed by atoms with Gasteiger partial charge in [-0.3, -0.25) is 0 Å². The summed E-state index contributed by atoms with van der Waals surface area (Å²) in [6.45, 7) is 1.66. The van der Waals surface area contributed by atoms with Crippen LogP contribution in [0.1, 0.15) is 11.3 Å². The van der Waals surface area contributed by atoms with E-state index in [1.165, 1.54) is 5.56 Å². The van der Waals surface area contributed by atoms with Crippen molar-refractivity contribution in [3.63, 3.8) is 0 Å². The van der Waals surface area contributed by atoms with Crippen molar-refractivity contribution < 1.29 is 4.74 Å². The first-order chi connectivity index (χ1) is 8.85. The Labute approximate surface area is 107 Å². The van der Waals surface area contributed by atoms with Gasteiger partial charge in [-0.2, -0.15) is 0 Å². The Balaban J connectivity index is 1.65. The van der Waals surface area contributed by atoms with Crippen LogP contribution in [-0.2, 0) is 19.5 Å². The predicted octanol–water partition coefficient (Wildman–Crippen LogP) is 1.61. The van der Waals surface area contributed by atoms with E-state index in [0.29, 0.717) is 0 Å². The van der Waals surface area contributed by atoms with Crippen LogP contribution in [0.4, 0.5) is 0 Å². The highest BCUT2D eigenvalue weighted by atomic mass is 16.5. The highest BCUT2D eigenvalue weighted by Gasteiger charge is 2.22. The van der Waals surface area contributed by atoms with Gasteiger partial charge in [0, 0.05) is 19.2 Å². The largest absolute Gasteiger partial charge is 0.488 e. The molecule has 0 spiro atoms. The minimum atomic E-state index is 0.221. The Morgan fingerprint density at radius 1 is 1.44 bits per heavy atom. The summed E-state index contributed by atoms with van der Waals surface area (Å²) in [5.41, 5.74) is 2.37. The second-order valence-corrected chi connectivity index (χ2v) is 4.64. The molecule has 4 nitrogen and oxygen atoms in total. The Hall–Kier alpha value is -1.81. The molecule has 4 heteroatoms. The second kappa shape index (κ2) is 4.82. The molecule has 0 fully saturated rings. The van der Waals surface area contributed by atoms with Crippen LogP contribution in [0.25, 0.3) is 0 Å². The number of aromatic nitrogens is 2. The van der Waals surface area contributed by atoms with Gasteiger partial charge in [-0.1, -0.05) is 18.2 Å². The van der Waals surface area contributed by atoms with Crippen molar-refractivity contribution in [2.24, 2.45) is 0 Å². The third-order valence-electron chi connectivity index (χ3n) is 3.17. The summed E-state index contributed by atoms with van der Waals surface area (Å²) >= 11 is 0. The molecule has 2 heterocycles. The smallest absolute Gasteiger partial charge is 0.123 e. The van der Waals surface area contributed by atoms with E-state index in [1.54, 1.807) is 0 Å². The minimum absolute atomic E-state index is 0.221. The number of nitrogens with zero attached hydrogens (tertiary/aromatic N) is 2. The molecule has 1 unspecified atom stereocenters. The van der Waals surface area contributed by atoms with Crippen LogP contribution >= 0.6 is 0 Å². The van der Waals surface area contributed by atoms with Gasteiger partial charge in [0.25, 0.3) is 0 Å². The zero-order valence-electron chi connectivity index (χ0n) is 10.5. The van der Waals surface area contributed by atoms with Crippen molar-refractivity contribution in [3.8, 4) is 5.75 Å². The summed E-state index contributed by atoms with van der Waals surface area (Å²) < 4.78 is 8.02. The molecule has 3 rings (SSSR count). The zero-order chi connectivity index (χ0) is 12.4. The first-order valence-corrected chi connectivity index (χ1v) is 6.25. The van der Waals surface area contributed by atoms with Crippen LogP contribution in [-0.4, -0.2) is 22.7 Å². The lowest BCUT2D eigenvalue weighted by atomic mass is 10.1. The van der Waals surface area contributed by atoms with Crippen molar-refractivity contribution in [2.75, 3.05) is 7.05 Å². The molecule has 0 bridgehead atoms. The Bertz CT molecular complexity index is 510. The van der Waals surface area contributed by atoms with Gasteiger partial charge in [-0.25, -0.2) is 4.98 Å². The van der Waals surface area contributed by atoms with E-state index in [4.69, 9.17) is 4.74 Å². The maximum atomic E-state index is 5.92. The molecule has 1 atom stereocenters. The highest BCUT2D eigenvalue weighted by Crippen LogP contribution is 2.28. The lowest BCUT2D eigenvalue weighted by Crippen LogP contribution is -2.19. The SMILES string of the molecule is CNCc1cn(CC2Cc3ccccc3O2)cn1. The average molecular weight is 243 g/mol. The molecule has 94 valence electrons. The van der Waals surface area contributed by atoms with Crippen LogP contribution in [0.2, 0.25) is 0 Å². The van der Waals surface area contributed by atoms with Crippen LogP contribution in [0.3, 0.4) is 0 Å². The number of fused-ring (bicyclic) bond motifs is 1. The van der Waals surface area contributed by atoms with Crippen molar-refractivity contribution >= 4 is 0 Å². The van der Waals surface area contributed by atoms with E-state index in [0.717, 1.165) is 31.0 Å². The molecule has 0 radical (unpaired) electrons. The quantitative estimate of drug-likeness (QED) is 0.886. The molecule has 1 aromatic carbocycles. The number of ether oxygens (including phenoxy) is 1. The van der Waals surface area contributed by atoms with Gasteiger partial charge < -0.3 is 14.6 Å². The molecule has 0 saturated carbocycles. The number of para-hydroxylation sites is 1. The van der Waals surface area contributed by atoms with Gasteiger partial charge in [0.2, 0.25) is 0 Å². The number of rotatable bonds is 4. The molecule has 0 aliphatic carbocycles. The number of benzene rings is 1. The summed E-state index contributed by atoms with van der Waals surface area (Å²) in [5, 5.41) is 3.10. The molecule has 1 N–H and O–H groups in total. The maximum absolute atomic E-state index is 5.92. The van der Waals surface area contributed by atoms with Gasteiger partial charge in [-0.15, -0.1) is 0 Å². The van der Waals surface area contributed by atoms with E-state index in [-0.39, 0.29) is 6.10 Å². The van der Waals surface area contributed by atoms with E-state index < -0.39 is 0 Å². The standard InChI is InChI=1S/C14H17N3O/c1-15-7-12-8-17(10-16-12)9-13-6-11-4-2-3-5-14(11)18-13/h2-5,8,10,13,15H,6-7,9H2,1H3. The molecule has 1 aliphatic rings. The van der Waals surface area contributed by atoms with E-state index in [2.05, 4.69) is 33.2 Å². The number of hydrogen-bond acceptors (Lipinski definition) is 3. The summed E-state index contributed by atoms with van der Waals surface area (Å²) in [6, 6.07) is 8.25. The monoisotopic (exact) mass is 243 g/mol. The molecular weight excluding hydrogens is 226 g/mol. The number of nitrogens with one attached hydrogen (secondary N) is 1. The molecule has 1 aliphatic heterocycles. The van der Waals surface area contributed by atoms with Crippen molar-refractivity contribution in [1.29, 1.82) is 0 Å². The summed E-state index contributed by atoms with van der Waals surface area (Å²) in [6.07, 6.45) is 5.15. The Morgan fingerprint density at radius 3 is 3.17 bits per heavy atom. The van der Waals surface area contributed by atoms with Crippen LogP contribution < -0.4 is 10.1 Å². The van der Waals surface area contributed by atoms with Gasteiger partial charge in [0.05, 0.1) is 18.6 Å². The van der Waals surface area contributed by atoms with Crippen LogP contribution in [0.15, 0.2) is 36.8 Å². The summed E-state index contributed by atoms with van der Waals surface area (Å²) in [4.78, 5) is 4.34. The van der Waals surface area contributed by atoms with Gasteiger partial charge in [0.1, 0.15) is 11.9 Å². The van der Waals surface area contributed by atoms with E-state index in [9.17, 15) is 0 Å².